The smallest absolute Gasteiger partial charge is 0.410 e. The van der Waals surface area contributed by atoms with Gasteiger partial charge in [0.2, 0.25) is 0 Å². The lowest BCUT2D eigenvalue weighted by Crippen LogP contribution is -2.41. The van der Waals surface area contributed by atoms with Crippen LogP contribution in [0.25, 0.3) is 10.4 Å². The molecule has 1 aliphatic heterocycles. The zero-order chi connectivity index (χ0) is 13.5. The van der Waals surface area contributed by atoms with E-state index in [0.717, 1.165) is 17.7 Å². The maximum Gasteiger partial charge on any atom is 0.410 e. The third kappa shape index (κ3) is 3.53. The number of aliphatic carboxylic acids is 1. The van der Waals surface area contributed by atoms with Crippen LogP contribution in [0.4, 0.5) is 4.79 Å². The maximum atomic E-state index is 11.7. The van der Waals surface area contributed by atoms with E-state index in [1.54, 1.807) is 0 Å². The molecule has 0 aromatic heterocycles. The van der Waals surface area contributed by atoms with Crippen LogP contribution in [0.15, 0.2) is 5.11 Å². The Morgan fingerprint density at radius 3 is 2.89 bits per heavy atom. The molecule has 1 saturated heterocycles. The van der Waals surface area contributed by atoms with Crippen LogP contribution in [-0.4, -0.2) is 47.3 Å². The molecule has 100 valence electrons. The highest BCUT2D eigenvalue weighted by molar-refractivity contribution is 5.81. The molecule has 0 aliphatic carbocycles. The van der Waals surface area contributed by atoms with E-state index in [1.807, 2.05) is 6.92 Å². The average molecular weight is 256 g/mol. The van der Waals surface area contributed by atoms with Crippen LogP contribution < -0.4 is 0 Å². The van der Waals surface area contributed by atoms with Gasteiger partial charge in [0.25, 0.3) is 0 Å². The molecule has 0 radical (unpaired) electrons. The van der Waals surface area contributed by atoms with Crippen LogP contribution in [0.5, 0.6) is 0 Å². The minimum atomic E-state index is -1.11. The number of hydrogen-bond acceptors (Lipinski definition) is 4. The number of likely N-dealkylation sites (tertiary alicyclic amines) is 1. The number of ether oxygens (including phenoxy) is 1. The van der Waals surface area contributed by atoms with Gasteiger partial charge in [0.15, 0.2) is 0 Å². The third-order valence-electron chi connectivity index (χ3n) is 2.74. The predicted molar refractivity (Wildman–Crippen MR) is 61.9 cm³/mol. The first-order chi connectivity index (χ1) is 8.60. The van der Waals surface area contributed by atoms with Gasteiger partial charge in [-0.1, -0.05) is 18.5 Å². The summed E-state index contributed by atoms with van der Waals surface area (Å²) in [7, 11) is 0. The summed E-state index contributed by atoms with van der Waals surface area (Å²) < 4.78 is 4.96. The number of carbonyl (C=O) groups excluding carboxylic acids is 1. The van der Waals surface area contributed by atoms with Crippen molar-refractivity contribution in [1.82, 2.24) is 4.90 Å². The van der Waals surface area contributed by atoms with E-state index in [1.165, 1.54) is 0 Å². The molecule has 8 heteroatoms. The van der Waals surface area contributed by atoms with Crippen molar-refractivity contribution in [2.45, 2.75) is 38.3 Å². The van der Waals surface area contributed by atoms with Crippen molar-refractivity contribution >= 4 is 12.1 Å². The van der Waals surface area contributed by atoms with E-state index >= 15 is 0 Å². The van der Waals surface area contributed by atoms with Crippen molar-refractivity contribution < 1.29 is 19.4 Å². The summed E-state index contributed by atoms with van der Waals surface area (Å²) in [6, 6.07) is -1.48. The zero-order valence-electron chi connectivity index (χ0n) is 10.2. The second kappa shape index (κ2) is 6.70. The molecule has 2 atom stereocenters. The van der Waals surface area contributed by atoms with Crippen molar-refractivity contribution in [2.24, 2.45) is 5.11 Å². The van der Waals surface area contributed by atoms with Gasteiger partial charge in [0, 0.05) is 11.5 Å². The summed E-state index contributed by atoms with van der Waals surface area (Å²) in [6.45, 7) is 2.32. The summed E-state index contributed by atoms with van der Waals surface area (Å²) >= 11 is 0. The fraction of sp³-hybridized carbons (Fsp3) is 0.800. The van der Waals surface area contributed by atoms with Crippen molar-refractivity contribution in [3.8, 4) is 0 Å². The molecule has 0 spiro atoms. The van der Waals surface area contributed by atoms with Crippen LogP contribution in [0.2, 0.25) is 0 Å². The molecule has 1 rings (SSSR count). The van der Waals surface area contributed by atoms with Crippen molar-refractivity contribution in [2.75, 3.05) is 13.2 Å². The monoisotopic (exact) mass is 256 g/mol. The van der Waals surface area contributed by atoms with Gasteiger partial charge in [0.1, 0.15) is 6.04 Å². The number of carbonyl (C=O) groups is 2. The summed E-state index contributed by atoms with van der Waals surface area (Å²) in [5.74, 6) is -1.11. The lowest BCUT2D eigenvalue weighted by Gasteiger charge is -2.20. The molecule has 1 heterocycles. The van der Waals surface area contributed by atoms with Crippen molar-refractivity contribution in [3.05, 3.63) is 10.4 Å². The number of nitrogens with zero attached hydrogens (tertiary/aromatic N) is 4. The normalized spacial score (nSPS) is 22.4. The van der Waals surface area contributed by atoms with Gasteiger partial charge in [-0.05, 0) is 18.4 Å². The Bertz CT molecular complexity index is 367. The molecule has 18 heavy (non-hydrogen) atoms. The summed E-state index contributed by atoms with van der Waals surface area (Å²) in [6.07, 6.45) is 1.09. The molecule has 1 amide bonds. The lowest BCUT2D eigenvalue weighted by molar-refractivity contribution is -0.141. The van der Waals surface area contributed by atoms with Gasteiger partial charge < -0.3 is 9.84 Å². The molecular formula is C10H16N4O4. The second-order valence-corrected chi connectivity index (χ2v) is 4.07. The van der Waals surface area contributed by atoms with Gasteiger partial charge in [-0.15, -0.1) is 0 Å². The summed E-state index contributed by atoms with van der Waals surface area (Å²) in [5, 5.41) is 12.5. The molecule has 0 saturated carbocycles. The summed E-state index contributed by atoms with van der Waals surface area (Å²) in [5.41, 5.74) is 8.33. The molecule has 0 unspecified atom stereocenters. The number of carboxylic acid groups (broad SMARTS) is 1. The Morgan fingerprint density at radius 1 is 1.61 bits per heavy atom. The first-order valence-electron chi connectivity index (χ1n) is 5.80. The maximum absolute atomic E-state index is 11.7. The SMILES string of the molecule is CCCCOC(=O)N1C[C@@H](N=[N+]=[N-])C[C@H]1C(=O)O. The van der Waals surface area contributed by atoms with E-state index < -0.39 is 24.1 Å². The van der Waals surface area contributed by atoms with E-state index in [2.05, 4.69) is 10.0 Å². The van der Waals surface area contributed by atoms with E-state index in [-0.39, 0.29) is 19.6 Å². The number of azide groups is 1. The van der Waals surface area contributed by atoms with Gasteiger partial charge in [0.05, 0.1) is 12.6 Å². The molecule has 0 bridgehead atoms. The van der Waals surface area contributed by atoms with Crippen LogP contribution in [-0.2, 0) is 9.53 Å². The highest BCUT2D eigenvalue weighted by Gasteiger charge is 2.40. The summed E-state index contributed by atoms with van der Waals surface area (Å²) in [4.78, 5) is 26.4. The number of rotatable bonds is 5. The first kappa shape index (κ1) is 14.1. The minimum Gasteiger partial charge on any atom is -0.480 e. The van der Waals surface area contributed by atoms with Crippen LogP contribution >= 0.6 is 0 Å². The Labute approximate surface area is 104 Å². The van der Waals surface area contributed by atoms with Crippen LogP contribution in [0.3, 0.4) is 0 Å². The van der Waals surface area contributed by atoms with Crippen molar-refractivity contribution in [1.29, 1.82) is 0 Å². The van der Waals surface area contributed by atoms with Gasteiger partial charge >= 0.3 is 12.1 Å². The zero-order valence-corrected chi connectivity index (χ0v) is 10.2. The number of hydrogen-bond donors (Lipinski definition) is 1. The van der Waals surface area contributed by atoms with Crippen LogP contribution in [0, 0.1) is 0 Å². The van der Waals surface area contributed by atoms with Crippen molar-refractivity contribution in [3.63, 3.8) is 0 Å². The Hall–Kier alpha value is -1.95. The first-order valence-corrected chi connectivity index (χ1v) is 5.80. The average Bonchev–Trinajstić information content (AvgIpc) is 2.74. The predicted octanol–water partition coefficient (Wildman–Crippen LogP) is 1.76. The molecule has 1 aliphatic rings. The standard InChI is InChI=1S/C10H16N4O4/c1-2-3-4-18-10(17)14-6-7(12-13-11)5-8(14)9(15)16/h7-8H,2-6H2,1H3,(H,15,16)/t7-,8-/m0/s1. The number of carboxylic acids is 1. The van der Waals surface area contributed by atoms with Crippen LogP contribution in [0.1, 0.15) is 26.2 Å². The van der Waals surface area contributed by atoms with E-state index in [9.17, 15) is 9.59 Å². The highest BCUT2D eigenvalue weighted by Crippen LogP contribution is 2.21. The van der Waals surface area contributed by atoms with E-state index in [4.69, 9.17) is 15.4 Å². The second-order valence-electron chi connectivity index (χ2n) is 4.07. The third-order valence-corrected chi connectivity index (χ3v) is 2.74. The minimum absolute atomic E-state index is 0.0893. The number of amides is 1. The molecule has 0 aromatic rings. The van der Waals surface area contributed by atoms with Gasteiger partial charge in [-0.25, -0.2) is 9.59 Å². The van der Waals surface area contributed by atoms with Gasteiger partial charge in [-0.3, -0.25) is 4.90 Å². The Kier molecular flexibility index (Phi) is 5.26. The fourth-order valence-electron chi connectivity index (χ4n) is 1.79. The molecule has 0 aromatic carbocycles. The molecule has 8 nitrogen and oxygen atoms in total. The molecular weight excluding hydrogens is 240 g/mol. The molecule has 1 N–H and O–H groups in total. The topological polar surface area (TPSA) is 116 Å². The number of unbranched alkanes of at least 4 members (excludes halogenated alkanes) is 1. The van der Waals surface area contributed by atoms with E-state index in [0.29, 0.717) is 0 Å². The quantitative estimate of drug-likeness (QED) is 0.349. The lowest BCUT2D eigenvalue weighted by atomic mass is 10.2. The highest BCUT2D eigenvalue weighted by atomic mass is 16.6. The fourth-order valence-corrected chi connectivity index (χ4v) is 1.79. The Balaban J connectivity index is 2.63. The Morgan fingerprint density at radius 2 is 2.33 bits per heavy atom. The molecule has 1 fully saturated rings. The largest absolute Gasteiger partial charge is 0.480 e. The van der Waals surface area contributed by atoms with Gasteiger partial charge in [-0.2, -0.15) is 0 Å².